The van der Waals surface area contributed by atoms with Crippen molar-refractivity contribution < 1.29 is 14.3 Å². The number of para-hydroxylation sites is 1. The molecule has 126 valence electrons. The third-order valence-corrected chi connectivity index (χ3v) is 3.77. The highest BCUT2D eigenvalue weighted by Gasteiger charge is 2.18. The standard InChI is InChI=1S/C19H22N2O3/c1-4-19(2,3)21-16(22)13-24-17(23)11-10-15-8-5-7-14-9-6-12-20-18(14)15/h5-12H,4,13H2,1-3H3,(H,21,22)/b11-10+. The van der Waals surface area contributed by atoms with Crippen LogP contribution in [0.4, 0.5) is 0 Å². The third-order valence-electron chi connectivity index (χ3n) is 3.77. The van der Waals surface area contributed by atoms with Crippen LogP contribution in [0.25, 0.3) is 17.0 Å². The van der Waals surface area contributed by atoms with Crippen molar-refractivity contribution in [3.05, 3.63) is 48.2 Å². The molecule has 5 heteroatoms. The van der Waals surface area contributed by atoms with Crippen molar-refractivity contribution in [2.45, 2.75) is 32.7 Å². The van der Waals surface area contributed by atoms with E-state index in [0.29, 0.717) is 0 Å². The molecule has 0 bridgehead atoms. The minimum absolute atomic E-state index is 0.291. The molecule has 0 aliphatic heterocycles. The van der Waals surface area contributed by atoms with E-state index in [2.05, 4.69) is 10.3 Å². The van der Waals surface area contributed by atoms with Crippen LogP contribution < -0.4 is 5.32 Å². The number of carbonyl (C=O) groups is 2. The van der Waals surface area contributed by atoms with Crippen molar-refractivity contribution in [2.75, 3.05) is 6.61 Å². The molecule has 1 N–H and O–H groups in total. The van der Waals surface area contributed by atoms with E-state index in [-0.39, 0.29) is 18.1 Å². The van der Waals surface area contributed by atoms with Crippen LogP contribution in [0.3, 0.4) is 0 Å². The maximum atomic E-state index is 11.8. The fourth-order valence-electron chi connectivity index (χ4n) is 2.11. The van der Waals surface area contributed by atoms with E-state index in [0.717, 1.165) is 22.9 Å². The van der Waals surface area contributed by atoms with Crippen LogP contribution in [0.2, 0.25) is 0 Å². The molecule has 1 aromatic carbocycles. The Kier molecular flexibility index (Phi) is 5.68. The number of nitrogens with zero attached hydrogens (tertiary/aromatic N) is 1. The van der Waals surface area contributed by atoms with Gasteiger partial charge in [-0.25, -0.2) is 4.79 Å². The summed E-state index contributed by atoms with van der Waals surface area (Å²) < 4.78 is 4.97. The average molecular weight is 326 g/mol. The molecule has 0 fully saturated rings. The Morgan fingerprint density at radius 3 is 2.75 bits per heavy atom. The van der Waals surface area contributed by atoms with Gasteiger partial charge in [0.05, 0.1) is 5.52 Å². The molecule has 0 spiro atoms. The summed E-state index contributed by atoms with van der Waals surface area (Å²) in [6.45, 7) is 5.52. The summed E-state index contributed by atoms with van der Waals surface area (Å²) in [5.74, 6) is -0.872. The largest absolute Gasteiger partial charge is 0.452 e. The second kappa shape index (κ2) is 7.73. The summed E-state index contributed by atoms with van der Waals surface area (Å²) in [6, 6.07) is 9.54. The zero-order valence-corrected chi connectivity index (χ0v) is 14.2. The predicted molar refractivity (Wildman–Crippen MR) is 94.2 cm³/mol. The van der Waals surface area contributed by atoms with Gasteiger partial charge in [0.2, 0.25) is 0 Å². The minimum Gasteiger partial charge on any atom is -0.452 e. The number of aromatic nitrogens is 1. The van der Waals surface area contributed by atoms with Crippen molar-refractivity contribution >= 4 is 28.9 Å². The van der Waals surface area contributed by atoms with E-state index in [1.165, 1.54) is 6.08 Å². The fraction of sp³-hybridized carbons (Fsp3) is 0.316. The van der Waals surface area contributed by atoms with Gasteiger partial charge in [0, 0.05) is 28.8 Å². The van der Waals surface area contributed by atoms with Crippen LogP contribution in [-0.2, 0) is 14.3 Å². The monoisotopic (exact) mass is 326 g/mol. The summed E-state index contributed by atoms with van der Waals surface area (Å²) >= 11 is 0. The first-order valence-electron chi connectivity index (χ1n) is 7.91. The zero-order valence-electron chi connectivity index (χ0n) is 14.2. The van der Waals surface area contributed by atoms with E-state index >= 15 is 0 Å². The lowest BCUT2D eigenvalue weighted by molar-refractivity contribution is -0.144. The fourth-order valence-corrected chi connectivity index (χ4v) is 2.11. The number of benzene rings is 1. The van der Waals surface area contributed by atoms with E-state index in [1.54, 1.807) is 12.3 Å². The second-order valence-electron chi connectivity index (χ2n) is 6.15. The lowest BCUT2D eigenvalue weighted by Crippen LogP contribution is -2.44. The number of esters is 1. The van der Waals surface area contributed by atoms with Gasteiger partial charge < -0.3 is 10.1 Å². The molecule has 0 unspecified atom stereocenters. The molecular weight excluding hydrogens is 304 g/mol. The Balaban J connectivity index is 1.94. The molecule has 1 heterocycles. The highest BCUT2D eigenvalue weighted by atomic mass is 16.5. The van der Waals surface area contributed by atoms with Crippen LogP contribution in [0.1, 0.15) is 32.8 Å². The topological polar surface area (TPSA) is 68.3 Å². The number of amides is 1. The van der Waals surface area contributed by atoms with Crippen molar-refractivity contribution in [1.82, 2.24) is 10.3 Å². The van der Waals surface area contributed by atoms with Crippen LogP contribution in [0, 0.1) is 0 Å². The van der Waals surface area contributed by atoms with Gasteiger partial charge in [0.1, 0.15) is 0 Å². The van der Waals surface area contributed by atoms with E-state index < -0.39 is 5.97 Å². The normalized spacial score (nSPS) is 11.6. The quantitative estimate of drug-likeness (QED) is 0.654. The molecule has 2 aromatic rings. The lowest BCUT2D eigenvalue weighted by Gasteiger charge is -2.24. The van der Waals surface area contributed by atoms with Crippen LogP contribution in [0.15, 0.2) is 42.6 Å². The van der Waals surface area contributed by atoms with Crippen molar-refractivity contribution in [3.63, 3.8) is 0 Å². The van der Waals surface area contributed by atoms with Gasteiger partial charge in [0.15, 0.2) is 6.61 Å². The molecule has 0 atom stereocenters. The Morgan fingerprint density at radius 1 is 1.25 bits per heavy atom. The number of carbonyl (C=O) groups excluding carboxylic acids is 2. The first-order chi connectivity index (χ1) is 11.4. The minimum atomic E-state index is -0.563. The van der Waals surface area contributed by atoms with Gasteiger partial charge in [-0.2, -0.15) is 0 Å². The summed E-state index contributed by atoms with van der Waals surface area (Å²) in [4.78, 5) is 27.8. The first-order valence-corrected chi connectivity index (χ1v) is 7.91. The maximum Gasteiger partial charge on any atom is 0.331 e. The smallest absolute Gasteiger partial charge is 0.331 e. The van der Waals surface area contributed by atoms with Gasteiger partial charge in [-0.05, 0) is 32.4 Å². The summed E-state index contributed by atoms with van der Waals surface area (Å²) in [5, 5.41) is 3.80. The van der Waals surface area contributed by atoms with Gasteiger partial charge >= 0.3 is 5.97 Å². The van der Waals surface area contributed by atoms with E-state index in [4.69, 9.17) is 4.74 Å². The number of nitrogens with one attached hydrogen (secondary N) is 1. The number of hydrogen-bond donors (Lipinski definition) is 1. The first kappa shape index (κ1) is 17.7. The third kappa shape index (κ3) is 4.91. The average Bonchev–Trinajstić information content (AvgIpc) is 2.57. The SMILES string of the molecule is CCC(C)(C)NC(=O)COC(=O)/C=C/c1cccc2cccnc12. The van der Waals surface area contributed by atoms with E-state index in [1.807, 2.05) is 51.1 Å². The molecular formula is C19H22N2O3. The highest BCUT2D eigenvalue weighted by molar-refractivity contribution is 5.93. The van der Waals surface area contributed by atoms with Crippen molar-refractivity contribution in [3.8, 4) is 0 Å². The molecule has 24 heavy (non-hydrogen) atoms. The maximum absolute atomic E-state index is 11.8. The van der Waals surface area contributed by atoms with Gasteiger partial charge in [-0.3, -0.25) is 9.78 Å². The van der Waals surface area contributed by atoms with Gasteiger partial charge in [0.25, 0.3) is 5.91 Å². The van der Waals surface area contributed by atoms with Crippen molar-refractivity contribution in [1.29, 1.82) is 0 Å². The van der Waals surface area contributed by atoms with Gasteiger partial charge in [-0.15, -0.1) is 0 Å². The van der Waals surface area contributed by atoms with Crippen molar-refractivity contribution in [2.24, 2.45) is 0 Å². The molecule has 0 radical (unpaired) electrons. The summed E-state index contributed by atoms with van der Waals surface area (Å²) in [6.07, 6.45) is 5.45. The number of rotatable bonds is 6. The molecule has 0 saturated heterocycles. The number of pyridine rings is 1. The molecule has 1 amide bonds. The number of fused-ring (bicyclic) bond motifs is 1. The molecule has 1 aromatic heterocycles. The number of ether oxygens (including phenoxy) is 1. The lowest BCUT2D eigenvalue weighted by atomic mass is 10.0. The molecule has 5 nitrogen and oxygen atoms in total. The summed E-state index contributed by atoms with van der Waals surface area (Å²) in [7, 11) is 0. The van der Waals surface area contributed by atoms with Crippen LogP contribution in [0.5, 0.6) is 0 Å². The molecule has 2 rings (SSSR count). The molecule has 0 saturated carbocycles. The number of hydrogen-bond acceptors (Lipinski definition) is 4. The second-order valence-corrected chi connectivity index (χ2v) is 6.15. The Hall–Kier alpha value is -2.69. The van der Waals surface area contributed by atoms with Gasteiger partial charge in [-0.1, -0.05) is 31.2 Å². The Morgan fingerprint density at radius 2 is 2.00 bits per heavy atom. The predicted octanol–water partition coefficient (Wildman–Crippen LogP) is 3.10. The zero-order chi connectivity index (χ0) is 17.6. The highest BCUT2D eigenvalue weighted by Crippen LogP contribution is 2.17. The summed E-state index contributed by atoms with van der Waals surface area (Å²) in [5.41, 5.74) is 1.32. The van der Waals surface area contributed by atoms with Crippen LogP contribution >= 0.6 is 0 Å². The Bertz CT molecular complexity index is 761. The Labute approximate surface area is 141 Å². The molecule has 0 aliphatic carbocycles. The molecule has 0 aliphatic rings. The van der Waals surface area contributed by atoms with E-state index in [9.17, 15) is 9.59 Å². The van der Waals surface area contributed by atoms with Crippen LogP contribution in [-0.4, -0.2) is 29.0 Å².